The van der Waals surface area contributed by atoms with Gasteiger partial charge in [0, 0.05) is 13.1 Å². The maximum absolute atomic E-state index is 12.0. The number of para-hydroxylation sites is 2. The Bertz CT molecular complexity index is 921. The lowest BCUT2D eigenvalue weighted by Crippen LogP contribution is -2.31. The maximum atomic E-state index is 12.0. The third kappa shape index (κ3) is 3.37. The number of carbonyl (C=O) groups is 1. The summed E-state index contributed by atoms with van der Waals surface area (Å²) in [6.07, 6.45) is 0.733. The number of oxazole rings is 1. The first-order valence-corrected chi connectivity index (χ1v) is 7.78. The minimum absolute atomic E-state index is 0.0582. The number of nitrogens with zero attached hydrogens (tertiary/aromatic N) is 4. The number of hydrogen-bond acceptors (Lipinski definition) is 5. The molecule has 0 bridgehead atoms. The summed E-state index contributed by atoms with van der Waals surface area (Å²) >= 11 is 0. The van der Waals surface area contributed by atoms with E-state index in [2.05, 4.69) is 15.4 Å². The third-order valence-corrected chi connectivity index (χ3v) is 3.71. The van der Waals surface area contributed by atoms with Crippen molar-refractivity contribution in [2.45, 2.75) is 33.4 Å². The number of benzene rings is 1. The van der Waals surface area contributed by atoms with Crippen LogP contribution >= 0.6 is 0 Å². The normalized spacial score (nSPS) is 11.1. The van der Waals surface area contributed by atoms with Crippen LogP contribution in [-0.4, -0.2) is 31.8 Å². The molecule has 126 valence electrons. The predicted molar refractivity (Wildman–Crippen MR) is 87.6 cm³/mol. The van der Waals surface area contributed by atoms with Crippen molar-refractivity contribution < 1.29 is 9.21 Å². The second-order valence-electron chi connectivity index (χ2n) is 5.55. The molecule has 0 saturated carbocycles. The van der Waals surface area contributed by atoms with Crippen LogP contribution in [0, 0.1) is 13.8 Å². The van der Waals surface area contributed by atoms with Gasteiger partial charge in [0.1, 0.15) is 18.2 Å². The molecule has 24 heavy (non-hydrogen) atoms. The second kappa shape index (κ2) is 6.69. The fraction of sp³-hybridized carbons (Fsp3) is 0.375. The van der Waals surface area contributed by atoms with Crippen LogP contribution < -0.4 is 11.1 Å². The fourth-order valence-corrected chi connectivity index (χ4v) is 2.59. The van der Waals surface area contributed by atoms with Gasteiger partial charge in [-0.1, -0.05) is 12.1 Å². The monoisotopic (exact) mass is 329 g/mol. The minimum Gasteiger partial charge on any atom is -0.408 e. The average Bonchev–Trinajstić information content (AvgIpc) is 3.03. The van der Waals surface area contributed by atoms with E-state index in [1.807, 2.05) is 18.5 Å². The minimum atomic E-state index is -0.528. The standard InChI is InChI=1S/C16H19N5O3/c1-11-18-12(2)21(19-11)9-5-8-17-15(22)10-20-13-6-3-4-7-14(13)24-16(20)23/h3-4,6-7H,5,8-10H2,1-2H3,(H,17,22). The van der Waals surface area contributed by atoms with Gasteiger partial charge in [-0.15, -0.1) is 0 Å². The van der Waals surface area contributed by atoms with Crippen LogP contribution in [0.15, 0.2) is 33.5 Å². The van der Waals surface area contributed by atoms with Crippen LogP contribution in [0.5, 0.6) is 0 Å². The van der Waals surface area contributed by atoms with Crippen molar-refractivity contribution in [3.05, 3.63) is 46.5 Å². The molecular formula is C16H19N5O3. The molecule has 1 N–H and O–H groups in total. The van der Waals surface area contributed by atoms with Gasteiger partial charge in [-0.25, -0.2) is 9.78 Å². The first-order valence-electron chi connectivity index (χ1n) is 7.78. The molecular weight excluding hydrogens is 310 g/mol. The molecule has 0 aliphatic carbocycles. The van der Waals surface area contributed by atoms with Crippen molar-refractivity contribution in [1.82, 2.24) is 24.6 Å². The van der Waals surface area contributed by atoms with E-state index in [0.29, 0.717) is 24.2 Å². The molecule has 3 aromatic rings. The van der Waals surface area contributed by atoms with Crippen molar-refractivity contribution >= 4 is 17.0 Å². The molecule has 0 fully saturated rings. The summed E-state index contributed by atoms with van der Waals surface area (Å²) in [5, 5.41) is 7.08. The van der Waals surface area contributed by atoms with E-state index in [9.17, 15) is 9.59 Å². The Morgan fingerprint density at radius 1 is 1.29 bits per heavy atom. The largest absolute Gasteiger partial charge is 0.420 e. The number of hydrogen-bond donors (Lipinski definition) is 1. The molecule has 1 amide bonds. The SMILES string of the molecule is Cc1nc(C)n(CCCNC(=O)Cn2c(=O)oc3ccccc32)n1. The van der Waals surface area contributed by atoms with Crippen LogP contribution in [-0.2, 0) is 17.9 Å². The fourth-order valence-electron chi connectivity index (χ4n) is 2.59. The highest BCUT2D eigenvalue weighted by molar-refractivity contribution is 5.79. The average molecular weight is 329 g/mol. The number of amides is 1. The number of aromatic nitrogens is 4. The van der Waals surface area contributed by atoms with Crippen molar-refractivity contribution in [3.8, 4) is 0 Å². The smallest absolute Gasteiger partial charge is 0.408 e. The highest BCUT2D eigenvalue weighted by Gasteiger charge is 2.11. The van der Waals surface area contributed by atoms with Crippen LogP contribution in [0.3, 0.4) is 0 Å². The van der Waals surface area contributed by atoms with E-state index in [1.54, 1.807) is 24.3 Å². The van der Waals surface area contributed by atoms with Crippen molar-refractivity contribution in [2.24, 2.45) is 0 Å². The summed E-state index contributed by atoms with van der Waals surface area (Å²) in [6.45, 7) is 4.87. The van der Waals surface area contributed by atoms with Crippen LogP contribution in [0.4, 0.5) is 0 Å². The highest BCUT2D eigenvalue weighted by atomic mass is 16.4. The van der Waals surface area contributed by atoms with E-state index in [1.165, 1.54) is 4.57 Å². The van der Waals surface area contributed by atoms with Crippen LogP contribution in [0.25, 0.3) is 11.1 Å². The number of aryl methyl sites for hydroxylation is 3. The Balaban J connectivity index is 1.53. The van der Waals surface area contributed by atoms with Gasteiger partial charge in [0.15, 0.2) is 5.58 Å². The van der Waals surface area contributed by atoms with Gasteiger partial charge in [0.25, 0.3) is 0 Å². The zero-order chi connectivity index (χ0) is 17.1. The molecule has 8 nitrogen and oxygen atoms in total. The van der Waals surface area contributed by atoms with Crippen LogP contribution in [0.2, 0.25) is 0 Å². The summed E-state index contributed by atoms with van der Waals surface area (Å²) in [6, 6.07) is 7.04. The molecule has 2 aromatic heterocycles. The number of carbonyl (C=O) groups excluding carboxylic acids is 1. The molecule has 0 saturated heterocycles. The molecule has 0 unspecified atom stereocenters. The first-order chi connectivity index (χ1) is 11.5. The molecule has 3 rings (SSSR count). The van der Waals surface area contributed by atoms with Crippen molar-refractivity contribution in [3.63, 3.8) is 0 Å². The van der Waals surface area contributed by atoms with E-state index in [-0.39, 0.29) is 12.5 Å². The van der Waals surface area contributed by atoms with Gasteiger partial charge >= 0.3 is 5.76 Å². The van der Waals surface area contributed by atoms with Gasteiger partial charge in [-0.3, -0.25) is 14.0 Å². The van der Waals surface area contributed by atoms with Gasteiger partial charge in [-0.2, -0.15) is 5.10 Å². The first kappa shape index (κ1) is 16.0. The summed E-state index contributed by atoms with van der Waals surface area (Å²) < 4.78 is 8.25. The highest BCUT2D eigenvalue weighted by Crippen LogP contribution is 2.11. The predicted octanol–water partition coefficient (Wildman–Crippen LogP) is 1.01. The van der Waals surface area contributed by atoms with E-state index >= 15 is 0 Å². The lowest BCUT2D eigenvalue weighted by atomic mass is 10.3. The third-order valence-electron chi connectivity index (χ3n) is 3.71. The topological polar surface area (TPSA) is 95.0 Å². The zero-order valence-electron chi connectivity index (χ0n) is 13.7. The molecule has 0 aliphatic rings. The maximum Gasteiger partial charge on any atom is 0.420 e. The Hall–Kier alpha value is -2.90. The van der Waals surface area contributed by atoms with Gasteiger partial charge in [0.05, 0.1) is 5.52 Å². The summed E-state index contributed by atoms with van der Waals surface area (Å²) in [7, 11) is 0. The van der Waals surface area contributed by atoms with Gasteiger partial charge in [0.2, 0.25) is 5.91 Å². The van der Waals surface area contributed by atoms with Crippen molar-refractivity contribution in [2.75, 3.05) is 6.54 Å². The number of nitrogens with one attached hydrogen (secondary N) is 1. The Labute approximate surface area is 138 Å². The lowest BCUT2D eigenvalue weighted by Gasteiger charge is -2.06. The summed E-state index contributed by atoms with van der Waals surface area (Å²) in [5.74, 6) is 0.841. The van der Waals surface area contributed by atoms with Crippen LogP contribution in [0.1, 0.15) is 18.1 Å². The number of rotatable bonds is 6. The molecule has 0 atom stereocenters. The molecule has 0 aliphatic heterocycles. The zero-order valence-corrected chi connectivity index (χ0v) is 13.7. The Morgan fingerprint density at radius 2 is 2.08 bits per heavy atom. The van der Waals surface area contributed by atoms with E-state index < -0.39 is 5.76 Å². The van der Waals surface area contributed by atoms with E-state index in [0.717, 1.165) is 18.1 Å². The molecule has 2 heterocycles. The molecule has 1 aromatic carbocycles. The molecule has 0 radical (unpaired) electrons. The quantitative estimate of drug-likeness (QED) is 0.681. The molecule has 0 spiro atoms. The van der Waals surface area contributed by atoms with Gasteiger partial charge in [-0.05, 0) is 32.4 Å². The Kier molecular flexibility index (Phi) is 4.45. The summed E-state index contributed by atoms with van der Waals surface area (Å²) in [5.41, 5.74) is 1.10. The lowest BCUT2D eigenvalue weighted by molar-refractivity contribution is -0.121. The van der Waals surface area contributed by atoms with Crippen molar-refractivity contribution in [1.29, 1.82) is 0 Å². The number of fused-ring (bicyclic) bond motifs is 1. The summed E-state index contributed by atoms with van der Waals surface area (Å²) in [4.78, 5) is 28.1. The molecule has 8 heteroatoms. The Morgan fingerprint density at radius 3 is 2.83 bits per heavy atom. The van der Waals surface area contributed by atoms with E-state index in [4.69, 9.17) is 4.42 Å². The van der Waals surface area contributed by atoms with Gasteiger partial charge < -0.3 is 9.73 Å². The second-order valence-corrected chi connectivity index (χ2v) is 5.55.